The predicted octanol–water partition coefficient (Wildman–Crippen LogP) is 3.84. The Balaban J connectivity index is 2.19. The SMILES string of the molecule is Cc1cc([N+](=O)[O-])nn1CC1(CBr)CCCCCC1. The standard InChI is InChI=1S/C13H20BrN3O2/c1-11-8-12(17(18)19)15-16(11)10-13(9-14)6-4-2-3-5-7-13/h8H,2-7,9-10H2,1H3. The molecular formula is C13H20BrN3O2. The molecule has 19 heavy (non-hydrogen) atoms. The minimum absolute atomic E-state index is 0.0455. The number of rotatable bonds is 4. The van der Waals surface area contributed by atoms with Gasteiger partial charge >= 0.3 is 5.82 Å². The molecule has 1 heterocycles. The van der Waals surface area contributed by atoms with Crippen LogP contribution in [0.1, 0.15) is 44.2 Å². The van der Waals surface area contributed by atoms with Gasteiger partial charge in [0.25, 0.3) is 0 Å². The van der Waals surface area contributed by atoms with E-state index in [1.54, 1.807) is 6.07 Å². The van der Waals surface area contributed by atoms with Crippen LogP contribution in [0.5, 0.6) is 0 Å². The number of hydrogen-bond acceptors (Lipinski definition) is 3. The van der Waals surface area contributed by atoms with Crippen LogP contribution in [0.3, 0.4) is 0 Å². The number of aromatic nitrogens is 2. The second-order valence-corrected chi connectivity index (χ2v) is 6.17. The summed E-state index contributed by atoms with van der Waals surface area (Å²) >= 11 is 3.65. The van der Waals surface area contributed by atoms with Crippen LogP contribution in [0.15, 0.2) is 6.07 Å². The van der Waals surface area contributed by atoms with Gasteiger partial charge in [-0.05, 0) is 24.7 Å². The molecule has 0 unspecified atom stereocenters. The quantitative estimate of drug-likeness (QED) is 0.365. The van der Waals surface area contributed by atoms with Crippen LogP contribution in [0, 0.1) is 22.5 Å². The van der Waals surface area contributed by atoms with E-state index in [9.17, 15) is 10.1 Å². The molecule has 1 aromatic rings. The molecule has 5 nitrogen and oxygen atoms in total. The van der Waals surface area contributed by atoms with Gasteiger partial charge in [0, 0.05) is 10.7 Å². The van der Waals surface area contributed by atoms with E-state index in [4.69, 9.17) is 0 Å². The van der Waals surface area contributed by atoms with Gasteiger partial charge in [-0.2, -0.15) is 4.68 Å². The third kappa shape index (κ3) is 3.35. The van der Waals surface area contributed by atoms with Crippen molar-refractivity contribution < 1.29 is 4.92 Å². The third-order valence-corrected chi connectivity index (χ3v) is 5.28. The summed E-state index contributed by atoms with van der Waals surface area (Å²) in [6.07, 6.45) is 7.43. The molecule has 0 saturated heterocycles. The van der Waals surface area contributed by atoms with Crippen LogP contribution in [0.2, 0.25) is 0 Å². The van der Waals surface area contributed by atoms with Crippen molar-refractivity contribution in [1.82, 2.24) is 9.78 Å². The van der Waals surface area contributed by atoms with E-state index in [-0.39, 0.29) is 11.2 Å². The maximum Gasteiger partial charge on any atom is 0.390 e. The molecule has 0 atom stereocenters. The Hall–Kier alpha value is -0.910. The molecule has 0 bridgehead atoms. The summed E-state index contributed by atoms with van der Waals surface area (Å²) in [5.74, 6) is -0.0455. The number of hydrogen-bond donors (Lipinski definition) is 0. The van der Waals surface area contributed by atoms with E-state index in [1.165, 1.54) is 38.5 Å². The molecular weight excluding hydrogens is 310 g/mol. The monoisotopic (exact) mass is 329 g/mol. The highest BCUT2D eigenvalue weighted by Gasteiger charge is 2.32. The Labute approximate surface area is 121 Å². The summed E-state index contributed by atoms with van der Waals surface area (Å²) in [7, 11) is 0. The molecule has 1 aromatic heterocycles. The highest BCUT2D eigenvalue weighted by atomic mass is 79.9. The zero-order valence-electron chi connectivity index (χ0n) is 11.3. The first-order chi connectivity index (χ1) is 9.06. The van der Waals surface area contributed by atoms with Crippen molar-refractivity contribution in [3.63, 3.8) is 0 Å². The van der Waals surface area contributed by atoms with Gasteiger partial charge in [0.1, 0.15) is 0 Å². The maximum absolute atomic E-state index is 10.8. The lowest BCUT2D eigenvalue weighted by atomic mass is 9.82. The lowest BCUT2D eigenvalue weighted by molar-refractivity contribution is -0.389. The Morgan fingerprint density at radius 3 is 2.53 bits per heavy atom. The number of alkyl halides is 1. The fourth-order valence-corrected chi connectivity index (χ4v) is 3.61. The maximum atomic E-state index is 10.8. The summed E-state index contributed by atoms with van der Waals surface area (Å²) in [6, 6.07) is 1.55. The first-order valence-corrected chi connectivity index (χ1v) is 7.93. The normalized spacial score (nSPS) is 19.1. The molecule has 0 aromatic carbocycles. The smallest absolute Gasteiger partial charge is 0.358 e. The molecule has 6 heteroatoms. The Bertz CT molecular complexity index is 451. The van der Waals surface area contributed by atoms with Crippen molar-refractivity contribution in [2.75, 3.05) is 5.33 Å². The number of nitro groups is 1. The topological polar surface area (TPSA) is 61.0 Å². The molecule has 106 valence electrons. The van der Waals surface area contributed by atoms with E-state index < -0.39 is 4.92 Å². The van der Waals surface area contributed by atoms with Crippen LogP contribution in [-0.2, 0) is 6.54 Å². The number of halogens is 1. The highest BCUT2D eigenvalue weighted by Crippen LogP contribution is 2.38. The van der Waals surface area contributed by atoms with Gasteiger partial charge in [0.05, 0.1) is 23.4 Å². The van der Waals surface area contributed by atoms with E-state index in [0.717, 1.165) is 17.6 Å². The van der Waals surface area contributed by atoms with Crippen LogP contribution in [0.25, 0.3) is 0 Å². The summed E-state index contributed by atoms with van der Waals surface area (Å²) in [5.41, 5.74) is 1.07. The molecule has 1 aliphatic carbocycles. The molecule has 1 aliphatic rings. The summed E-state index contributed by atoms with van der Waals surface area (Å²) in [5, 5.41) is 15.8. The average Bonchev–Trinajstić information content (AvgIpc) is 2.62. The highest BCUT2D eigenvalue weighted by molar-refractivity contribution is 9.09. The molecule has 0 amide bonds. The Kier molecular flexibility index (Phi) is 4.60. The van der Waals surface area contributed by atoms with E-state index >= 15 is 0 Å². The predicted molar refractivity (Wildman–Crippen MR) is 77.5 cm³/mol. The summed E-state index contributed by atoms with van der Waals surface area (Å²) in [6.45, 7) is 2.66. The fraction of sp³-hybridized carbons (Fsp3) is 0.769. The average molecular weight is 330 g/mol. The molecule has 0 radical (unpaired) electrons. The van der Waals surface area contributed by atoms with E-state index in [2.05, 4.69) is 21.0 Å². The van der Waals surface area contributed by atoms with Crippen molar-refractivity contribution in [1.29, 1.82) is 0 Å². The van der Waals surface area contributed by atoms with Crippen LogP contribution < -0.4 is 0 Å². The Morgan fingerprint density at radius 1 is 1.42 bits per heavy atom. The van der Waals surface area contributed by atoms with Gasteiger partial charge < -0.3 is 10.1 Å². The molecule has 1 fully saturated rings. The zero-order valence-corrected chi connectivity index (χ0v) is 12.9. The first-order valence-electron chi connectivity index (χ1n) is 6.81. The van der Waals surface area contributed by atoms with Gasteiger partial charge in [-0.25, -0.2) is 0 Å². The fourth-order valence-electron chi connectivity index (χ4n) is 2.87. The van der Waals surface area contributed by atoms with Crippen molar-refractivity contribution in [2.45, 2.75) is 52.0 Å². The second-order valence-electron chi connectivity index (χ2n) is 5.61. The van der Waals surface area contributed by atoms with Gasteiger partial charge in [0.15, 0.2) is 0 Å². The van der Waals surface area contributed by atoms with Crippen molar-refractivity contribution >= 4 is 21.7 Å². The third-order valence-electron chi connectivity index (χ3n) is 4.09. The molecule has 0 N–H and O–H groups in total. The largest absolute Gasteiger partial charge is 0.390 e. The van der Waals surface area contributed by atoms with Gasteiger partial charge in [-0.15, -0.1) is 0 Å². The molecule has 1 saturated carbocycles. The first kappa shape index (κ1) is 14.5. The number of aryl methyl sites for hydroxylation is 1. The van der Waals surface area contributed by atoms with Gasteiger partial charge in [-0.3, -0.25) is 0 Å². The minimum Gasteiger partial charge on any atom is -0.358 e. The lowest BCUT2D eigenvalue weighted by Gasteiger charge is -2.29. The Morgan fingerprint density at radius 2 is 2.05 bits per heavy atom. The van der Waals surface area contributed by atoms with Crippen LogP contribution in [-0.4, -0.2) is 20.0 Å². The minimum atomic E-state index is -0.419. The van der Waals surface area contributed by atoms with E-state index in [0.29, 0.717) is 0 Å². The van der Waals surface area contributed by atoms with E-state index in [1.807, 2.05) is 11.6 Å². The van der Waals surface area contributed by atoms with Crippen molar-refractivity contribution in [3.05, 3.63) is 21.9 Å². The second kappa shape index (κ2) is 6.03. The van der Waals surface area contributed by atoms with Gasteiger partial charge in [-0.1, -0.05) is 41.6 Å². The van der Waals surface area contributed by atoms with Crippen LogP contribution in [0.4, 0.5) is 5.82 Å². The van der Waals surface area contributed by atoms with Gasteiger partial charge in [0.2, 0.25) is 0 Å². The van der Waals surface area contributed by atoms with Crippen LogP contribution >= 0.6 is 15.9 Å². The lowest BCUT2D eigenvalue weighted by Crippen LogP contribution is -2.29. The van der Waals surface area contributed by atoms with Crippen molar-refractivity contribution in [3.8, 4) is 0 Å². The summed E-state index contributed by atoms with van der Waals surface area (Å²) in [4.78, 5) is 10.4. The molecule has 0 spiro atoms. The molecule has 0 aliphatic heterocycles. The van der Waals surface area contributed by atoms with Crippen molar-refractivity contribution in [2.24, 2.45) is 5.41 Å². The summed E-state index contributed by atoms with van der Waals surface area (Å²) < 4.78 is 1.81. The number of nitrogens with zero attached hydrogens (tertiary/aromatic N) is 3. The molecule has 2 rings (SSSR count). The zero-order chi connectivity index (χ0) is 13.9.